The normalized spacial score (nSPS) is 13.7. The zero-order valence-electron chi connectivity index (χ0n) is 30.5. The molecule has 294 valence electrons. The van der Waals surface area contributed by atoms with E-state index in [1.165, 1.54) is 15.8 Å². The molecule has 6 aromatic rings. The summed E-state index contributed by atoms with van der Waals surface area (Å²) in [5.41, 5.74) is 8.16. The van der Waals surface area contributed by atoms with Crippen molar-refractivity contribution < 1.29 is 40.3 Å². The van der Waals surface area contributed by atoms with E-state index in [1.54, 1.807) is 79.0 Å². The van der Waals surface area contributed by atoms with Gasteiger partial charge in [-0.25, -0.2) is 14.3 Å². The molecule has 56 heavy (non-hydrogen) atoms. The minimum Gasteiger partial charge on any atom is -0.494 e. The Morgan fingerprint density at radius 2 is 1.23 bits per heavy atom. The van der Waals surface area contributed by atoms with Gasteiger partial charge in [-0.05, 0) is 118 Å². The largest absolute Gasteiger partial charge is 0.494 e. The molecular formula is C41H40F6N6O3. The molecule has 0 atom stereocenters. The highest BCUT2D eigenvalue weighted by molar-refractivity contribution is 5.92. The van der Waals surface area contributed by atoms with Crippen molar-refractivity contribution in [3.05, 3.63) is 131 Å². The van der Waals surface area contributed by atoms with Gasteiger partial charge in [0, 0.05) is 33.6 Å². The highest BCUT2D eigenvalue weighted by Gasteiger charge is 2.40. The van der Waals surface area contributed by atoms with Crippen molar-refractivity contribution in [2.75, 3.05) is 6.61 Å². The highest BCUT2D eigenvalue weighted by Crippen LogP contribution is 2.38. The van der Waals surface area contributed by atoms with Gasteiger partial charge in [-0.3, -0.25) is 4.79 Å². The van der Waals surface area contributed by atoms with Crippen molar-refractivity contribution in [1.82, 2.24) is 24.5 Å². The monoisotopic (exact) mass is 778 g/mol. The molecule has 0 radical (unpaired) electrons. The number of ether oxygens (including phenoxy) is 1. The van der Waals surface area contributed by atoms with Crippen LogP contribution in [0.2, 0.25) is 0 Å². The van der Waals surface area contributed by atoms with E-state index in [0.29, 0.717) is 83.3 Å². The Balaban J connectivity index is 0.000000156. The van der Waals surface area contributed by atoms with Crippen LogP contribution in [0.1, 0.15) is 83.3 Å². The maximum atomic E-state index is 13.3. The summed E-state index contributed by atoms with van der Waals surface area (Å²) in [5, 5.41) is 7.76. The van der Waals surface area contributed by atoms with Crippen LogP contribution in [0.15, 0.2) is 95.9 Å². The summed E-state index contributed by atoms with van der Waals surface area (Å²) in [4.78, 5) is 14.3. The third-order valence-corrected chi connectivity index (χ3v) is 9.34. The van der Waals surface area contributed by atoms with Crippen LogP contribution < -0.4 is 10.5 Å². The molecule has 3 heterocycles. The average molecular weight is 779 g/mol. The lowest BCUT2D eigenvalue weighted by Crippen LogP contribution is -2.11. The number of halogens is 6. The zero-order valence-corrected chi connectivity index (χ0v) is 30.5. The number of aromatic nitrogens is 5. The van der Waals surface area contributed by atoms with Gasteiger partial charge in [0.05, 0.1) is 24.2 Å². The van der Waals surface area contributed by atoms with Crippen LogP contribution in [0.25, 0.3) is 22.7 Å². The number of oxazole rings is 1. The predicted octanol–water partition coefficient (Wildman–Crippen LogP) is 9.77. The summed E-state index contributed by atoms with van der Waals surface area (Å²) in [6.07, 6.45) is 0.455. The summed E-state index contributed by atoms with van der Waals surface area (Å²) in [6.45, 7) is 2.64. The van der Waals surface area contributed by atoms with E-state index < -0.39 is 23.7 Å². The van der Waals surface area contributed by atoms with Gasteiger partial charge in [-0.15, -0.1) is 0 Å². The molecule has 0 fully saturated rings. The lowest BCUT2D eigenvalue weighted by atomic mass is 9.95. The van der Waals surface area contributed by atoms with Crippen LogP contribution in [-0.4, -0.2) is 37.1 Å². The highest BCUT2D eigenvalue weighted by atomic mass is 19.4. The molecule has 1 amide bonds. The molecule has 0 aliphatic heterocycles. The zero-order chi connectivity index (χ0) is 39.9. The van der Waals surface area contributed by atoms with Crippen LogP contribution in [0.3, 0.4) is 0 Å². The second kappa shape index (κ2) is 17.3. The Labute approximate surface area is 319 Å². The fourth-order valence-electron chi connectivity index (χ4n) is 6.71. The van der Waals surface area contributed by atoms with E-state index in [-0.39, 0.29) is 5.91 Å². The van der Waals surface area contributed by atoms with Gasteiger partial charge in [0.25, 0.3) is 0 Å². The Bertz CT molecular complexity index is 2190. The van der Waals surface area contributed by atoms with Gasteiger partial charge in [0.2, 0.25) is 5.91 Å². The molecule has 2 aliphatic carbocycles. The summed E-state index contributed by atoms with van der Waals surface area (Å²) in [7, 11) is 0. The van der Waals surface area contributed by atoms with E-state index >= 15 is 0 Å². The first-order chi connectivity index (χ1) is 26.8. The molecule has 0 bridgehead atoms. The number of nitrogens with two attached hydrogens (primary N) is 1. The minimum atomic E-state index is -4.42. The first-order valence-corrected chi connectivity index (χ1v) is 18.3. The smallest absolute Gasteiger partial charge is 0.435 e. The lowest BCUT2D eigenvalue weighted by molar-refractivity contribution is -0.142. The van der Waals surface area contributed by atoms with E-state index in [1.807, 2.05) is 13.0 Å². The number of amides is 1. The van der Waals surface area contributed by atoms with Gasteiger partial charge in [0.1, 0.15) is 5.75 Å². The number of hydrogen-bond donors (Lipinski definition) is 1. The van der Waals surface area contributed by atoms with Gasteiger partial charge < -0.3 is 14.9 Å². The number of fused-ring (bicyclic) bond motifs is 2. The van der Waals surface area contributed by atoms with Crippen molar-refractivity contribution in [2.24, 2.45) is 5.73 Å². The number of rotatable bonds is 7. The van der Waals surface area contributed by atoms with Gasteiger partial charge in [-0.1, -0.05) is 25.1 Å². The Kier molecular flexibility index (Phi) is 12.3. The van der Waals surface area contributed by atoms with E-state index in [2.05, 4.69) is 15.2 Å². The van der Waals surface area contributed by atoms with E-state index in [9.17, 15) is 31.1 Å². The third kappa shape index (κ3) is 9.32. The van der Waals surface area contributed by atoms with Crippen LogP contribution >= 0.6 is 0 Å². The van der Waals surface area contributed by atoms with Gasteiger partial charge in [0.15, 0.2) is 23.5 Å². The van der Waals surface area contributed by atoms with Crippen molar-refractivity contribution in [2.45, 2.75) is 77.1 Å². The summed E-state index contributed by atoms with van der Waals surface area (Å²) >= 11 is 0. The van der Waals surface area contributed by atoms with E-state index in [4.69, 9.17) is 14.9 Å². The molecular weight excluding hydrogens is 738 g/mol. The topological polar surface area (TPSA) is 114 Å². The maximum Gasteiger partial charge on any atom is 0.435 e. The molecule has 0 saturated heterocycles. The summed E-state index contributed by atoms with van der Waals surface area (Å²) < 4.78 is 93.0. The fourth-order valence-corrected chi connectivity index (χ4v) is 6.71. The quantitative estimate of drug-likeness (QED) is 0.162. The number of nitrogens with zero attached hydrogens (tertiary/aromatic N) is 5. The Morgan fingerprint density at radius 3 is 1.66 bits per heavy atom. The number of alkyl halides is 6. The molecule has 3 aromatic heterocycles. The number of benzene rings is 3. The van der Waals surface area contributed by atoms with Crippen LogP contribution in [0.5, 0.6) is 5.75 Å². The van der Waals surface area contributed by atoms with Crippen LogP contribution in [0, 0.1) is 0 Å². The lowest BCUT2D eigenvalue weighted by Gasteiger charge is -2.15. The first kappa shape index (κ1) is 39.8. The predicted molar refractivity (Wildman–Crippen MR) is 197 cm³/mol. The van der Waals surface area contributed by atoms with Crippen molar-refractivity contribution in [3.63, 3.8) is 0 Å². The number of hydrogen-bond acceptors (Lipinski definition) is 6. The molecule has 2 N–H and O–H groups in total. The Morgan fingerprint density at radius 1 is 0.732 bits per heavy atom. The number of carbonyl (C=O) groups is 1. The third-order valence-electron chi connectivity index (χ3n) is 9.34. The SMILES string of the molecule is CCCOc1ccc(-n2nc(C(F)(F)F)c3c2CCCC3)cc1.FC(F)(F)c1nn(-c2ccc(-c3cnco3)cc2)c2c1CCCC2.NC(=O)c1ccccc1. The van der Waals surface area contributed by atoms with Crippen molar-refractivity contribution in [1.29, 1.82) is 0 Å². The Hall–Kier alpha value is -5.86. The standard InChI is InChI=1S/C17H14F3N3O.C17H19F3N2O.C7H7NO/c18-17(19,20)16-13-3-1-2-4-14(13)23(22-16)12-7-5-11(6-8-12)15-9-21-10-24-15;1-2-11-23-13-9-7-12(8-10-13)22-15-6-4-3-5-14(15)16(21-22)17(18,19)20;8-7(9)6-4-2-1-3-5-6/h5-10H,1-4H2;7-10H,2-6,11H2,1H3;1-5H,(H2,8,9). The van der Waals surface area contributed by atoms with E-state index in [0.717, 1.165) is 37.7 Å². The molecule has 8 rings (SSSR count). The molecule has 2 aliphatic rings. The molecule has 0 saturated carbocycles. The summed E-state index contributed by atoms with van der Waals surface area (Å²) in [5.74, 6) is 0.947. The van der Waals surface area contributed by atoms with Gasteiger partial charge in [-0.2, -0.15) is 36.5 Å². The number of carbonyl (C=O) groups excluding carboxylic acids is 1. The maximum absolute atomic E-state index is 13.3. The molecule has 3 aromatic carbocycles. The van der Waals surface area contributed by atoms with Crippen molar-refractivity contribution >= 4 is 5.91 Å². The molecule has 9 nitrogen and oxygen atoms in total. The molecule has 0 spiro atoms. The molecule has 0 unspecified atom stereocenters. The first-order valence-electron chi connectivity index (χ1n) is 18.3. The van der Waals surface area contributed by atoms with Gasteiger partial charge >= 0.3 is 12.4 Å². The van der Waals surface area contributed by atoms with Crippen LogP contribution in [0.4, 0.5) is 26.3 Å². The summed E-state index contributed by atoms with van der Waals surface area (Å²) in [6, 6.07) is 22.9. The average Bonchev–Trinajstić information content (AvgIpc) is 3.97. The van der Waals surface area contributed by atoms with Crippen molar-refractivity contribution in [3.8, 4) is 28.4 Å². The van der Waals surface area contributed by atoms with Crippen LogP contribution in [-0.2, 0) is 38.0 Å². The second-order valence-corrected chi connectivity index (χ2v) is 13.3. The second-order valence-electron chi connectivity index (χ2n) is 13.3. The minimum absolute atomic E-state index is 0.341. The number of primary amides is 1. The fraction of sp³-hybridized carbons (Fsp3) is 0.317. The molecule has 15 heteroatoms.